The Morgan fingerprint density at radius 1 is 1.15 bits per heavy atom. The van der Waals surface area contributed by atoms with E-state index in [1.54, 1.807) is 6.20 Å². The second-order valence-corrected chi connectivity index (χ2v) is 6.38. The average molecular weight is 351 g/mol. The molecule has 2 heterocycles. The number of hydrogen-bond donors (Lipinski definition) is 3. The molecule has 0 radical (unpaired) electrons. The van der Waals surface area contributed by atoms with Gasteiger partial charge in [-0.1, -0.05) is 13.0 Å². The van der Waals surface area contributed by atoms with Crippen molar-refractivity contribution in [2.24, 2.45) is 0 Å². The summed E-state index contributed by atoms with van der Waals surface area (Å²) in [7, 11) is 5.92. The molecule has 136 valence electrons. The normalized spacial score (nSPS) is 11.0. The van der Waals surface area contributed by atoms with Crippen molar-refractivity contribution in [2.45, 2.75) is 19.9 Å². The highest BCUT2D eigenvalue weighted by Crippen LogP contribution is 2.28. The lowest BCUT2D eigenvalue weighted by Crippen LogP contribution is -2.10. The van der Waals surface area contributed by atoms with Crippen molar-refractivity contribution < 1.29 is 0 Å². The number of hydrogen-bond acceptors (Lipinski definition) is 6. The van der Waals surface area contributed by atoms with E-state index in [-0.39, 0.29) is 0 Å². The first kappa shape index (κ1) is 17.9. The number of rotatable bonds is 7. The molecular formula is C19H25N7. The molecule has 0 atom stereocenters. The smallest absolute Gasteiger partial charge is 0.229 e. The van der Waals surface area contributed by atoms with Crippen LogP contribution in [-0.2, 0) is 13.0 Å². The van der Waals surface area contributed by atoms with Gasteiger partial charge in [-0.15, -0.1) is 0 Å². The van der Waals surface area contributed by atoms with Crippen molar-refractivity contribution in [3.05, 3.63) is 47.8 Å². The van der Waals surface area contributed by atoms with E-state index in [0.717, 1.165) is 41.4 Å². The molecule has 7 nitrogen and oxygen atoms in total. The van der Waals surface area contributed by atoms with Crippen molar-refractivity contribution >= 4 is 17.5 Å². The van der Waals surface area contributed by atoms with E-state index in [2.05, 4.69) is 60.8 Å². The van der Waals surface area contributed by atoms with Crippen LogP contribution in [0.2, 0.25) is 0 Å². The molecule has 3 rings (SSSR count). The second kappa shape index (κ2) is 7.97. The molecule has 26 heavy (non-hydrogen) atoms. The molecule has 0 amide bonds. The Morgan fingerprint density at radius 3 is 2.73 bits per heavy atom. The lowest BCUT2D eigenvalue weighted by atomic mass is 10.0. The van der Waals surface area contributed by atoms with Crippen molar-refractivity contribution in [2.75, 3.05) is 31.8 Å². The Balaban J connectivity index is 1.89. The molecule has 2 aromatic heterocycles. The summed E-state index contributed by atoms with van der Waals surface area (Å²) in [6.07, 6.45) is 2.67. The van der Waals surface area contributed by atoms with Crippen LogP contribution in [0, 0.1) is 0 Å². The average Bonchev–Trinajstić information content (AvgIpc) is 3.09. The summed E-state index contributed by atoms with van der Waals surface area (Å²) in [6, 6.07) is 10.2. The van der Waals surface area contributed by atoms with Crippen LogP contribution in [0.1, 0.15) is 18.2 Å². The number of nitrogens with zero attached hydrogens (tertiary/aromatic N) is 4. The van der Waals surface area contributed by atoms with Crippen LogP contribution < -0.4 is 10.6 Å². The van der Waals surface area contributed by atoms with Crippen molar-refractivity contribution in [3.8, 4) is 11.3 Å². The van der Waals surface area contributed by atoms with Crippen molar-refractivity contribution in [1.29, 1.82) is 0 Å². The zero-order valence-electron chi connectivity index (χ0n) is 15.7. The molecule has 0 aliphatic carbocycles. The summed E-state index contributed by atoms with van der Waals surface area (Å²) in [5, 5.41) is 13.9. The zero-order chi connectivity index (χ0) is 18.5. The Bertz CT molecular complexity index is 870. The summed E-state index contributed by atoms with van der Waals surface area (Å²) in [6.45, 7) is 2.98. The van der Waals surface area contributed by atoms with Gasteiger partial charge >= 0.3 is 0 Å². The molecule has 0 fully saturated rings. The Morgan fingerprint density at radius 2 is 2.00 bits per heavy atom. The number of aromatic amines is 1. The molecule has 7 heteroatoms. The summed E-state index contributed by atoms with van der Waals surface area (Å²) in [5.74, 6) is 1.33. The van der Waals surface area contributed by atoms with Gasteiger partial charge in [-0.3, -0.25) is 5.10 Å². The monoisotopic (exact) mass is 351 g/mol. The van der Waals surface area contributed by atoms with E-state index in [1.165, 1.54) is 5.56 Å². The van der Waals surface area contributed by atoms with E-state index >= 15 is 0 Å². The first-order valence-electron chi connectivity index (χ1n) is 8.69. The minimum Gasteiger partial charge on any atom is -0.373 e. The summed E-state index contributed by atoms with van der Waals surface area (Å²) >= 11 is 0. The molecule has 0 aliphatic heterocycles. The van der Waals surface area contributed by atoms with E-state index in [9.17, 15) is 0 Å². The van der Waals surface area contributed by atoms with Gasteiger partial charge < -0.3 is 15.5 Å². The first-order valence-corrected chi connectivity index (χ1v) is 8.69. The summed E-state index contributed by atoms with van der Waals surface area (Å²) < 4.78 is 0. The molecule has 0 saturated heterocycles. The van der Waals surface area contributed by atoms with Crippen LogP contribution in [0.4, 0.5) is 17.5 Å². The maximum Gasteiger partial charge on any atom is 0.229 e. The fourth-order valence-corrected chi connectivity index (χ4v) is 2.81. The molecule has 3 aromatic rings. The molecule has 0 bridgehead atoms. The maximum absolute atomic E-state index is 4.50. The van der Waals surface area contributed by atoms with Crippen LogP contribution in [0.3, 0.4) is 0 Å². The molecule has 0 aliphatic rings. The van der Waals surface area contributed by atoms with Crippen molar-refractivity contribution in [1.82, 2.24) is 25.1 Å². The molecular weight excluding hydrogens is 326 g/mol. The highest BCUT2D eigenvalue weighted by molar-refractivity contribution is 5.71. The quantitative estimate of drug-likeness (QED) is 0.606. The van der Waals surface area contributed by atoms with Gasteiger partial charge in [0.2, 0.25) is 5.95 Å². The highest BCUT2D eigenvalue weighted by atomic mass is 15.2. The highest BCUT2D eigenvalue weighted by Gasteiger charge is 2.11. The number of aromatic nitrogens is 4. The van der Waals surface area contributed by atoms with Gasteiger partial charge in [0.1, 0.15) is 5.82 Å². The number of benzene rings is 1. The van der Waals surface area contributed by atoms with Gasteiger partial charge in [0.05, 0.1) is 5.69 Å². The Hall–Kier alpha value is -2.93. The predicted molar refractivity (Wildman–Crippen MR) is 106 cm³/mol. The fourth-order valence-electron chi connectivity index (χ4n) is 2.81. The Labute approximate surface area is 153 Å². The van der Waals surface area contributed by atoms with E-state index in [4.69, 9.17) is 0 Å². The van der Waals surface area contributed by atoms with Crippen LogP contribution in [-0.4, -0.2) is 46.2 Å². The predicted octanol–water partition coefficient (Wildman–Crippen LogP) is 3.28. The minimum absolute atomic E-state index is 0.558. The third-order valence-corrected chi connectivity index (χ3v) is 4.05. The third kappa shape index (κ3) is 4.18. The fraction of sp³-hybridized carbons (Fsp3) is 0.316. The molecule has 1 aromatic carbocycles. The second-order valence-electron chi connectivity index (χ2n) is 6.38. The van der Waals surface area contributed by atoms with Gasteiger partial charge in [-0.2, -0.15) is 10.1 Å². The van der Waals surface area contributed by atoms with Gasteiger partial charge in [0.15, 0.2) is 0 Å². The van der Waals surface area contributed by atoms with Crippen LogP contribution in [0.5, 0.6) is 0 Å². The summed E-state index contributed by atoms with van der Waals surface area (Å²) in [4.78, 5) is 10.8. The van der Waals surface area contributed by atoms with Gasteiger partial charge in [0.25, 0.3) is 0 Å². The molecule has 0 spiro atoms. The van der Waals surface area contributed by atoms with Crippen LogP contribution in [0.25, 0.3) is 11.3 Å². The van der Waals surface area contributed by atoms with Gasteiger partial charge in [-0.25, -0.2) is 4.98 Å². The van der Waals surface area contributed by atoms with E-state index < -0.39 is 0 Å². The molecule has 0 saturated carbocycles. The summed E-state index contributed by atoms with van der Waals surface area (Å²) in [5.41, 5.74) is 5.34. The van der Waals surface area contributed by atoms with E-state index in [0.29, 0.717) is 5.95 Å². The lowest BCUT2D eigenvalue weighted by molar-refractivity contribution is 0.396. The van der Waals surface area contributed by atoms with Gasteiger partial charge in [0, 0.05) is 36.7 Å². The van der Waals surface area contributed by atoms with Gasteiger partial charge in [-0.05, 0) is 50.3 Å². The number of aryl methyl sites for hydroxylation is 1. The minimum atomic E-state index is 0.558. The largest absolute Gasteiger partial charge is 0.373 e. The lowest BCUT2D eigenvalue weighted by Gasteiger charge is -2.10. The Kier molecular flexibility index (Phi) is 5.48. The number of H-pyrrole nitrogens is 1. The van der Waals surface area contributed by atoms with E-state index in [1.807, 2.05) is 33.3 Å². The third-order valence-electron chi connectivity index (χ3n) is 4.05. The maximum atomic E-state index is 4.50. The topological polar surface area (TPSA) is 81.8 Å². The standard InChI is InChI=1S/C19H25N7/c1-5-13-6-7-14(22-19-21-9-8-18(20-2)23-19)10-16(13)17-11-15(24-25-17)12-26(3)4/h6-11H,5,12H2,1-4H3,(H,24,25)(H2,20,21,22,23). The zero-order valence-corrected chi connectivity index (χ0v) is 15.7. The first-order chi connectivity index (χ1) is 12.6. The SMILES string of the molecule is CCc1ccc(Nc2nccc(NC)n2)cc1-c1cc(CN(C)C)[nH]n1. The number of nitrogens with one attached hydrogen (secondary N) is 3. The van der Waals surface area contributed by atoms with Crippen molar-refractivity contribution in [3.63, 3.8) is 0 Å². The van der Waals surface area contributed by atoms with Crippen LogP contribution in [0.15, 0.2) is 36.5 Å². The molecule has 0 unspecified atom stereocenters. The van der Waals surface area contributed by atoms with Crippen LogP contribution >= 0.6 is 0 Å². The number of anilines is 3. The molecule has 3 N–H and O–H groups in total.